The van der Waals surface area contributed by atoms with E-state index in [1.165, 1.54) is 0 Å². The Labute approximate surface area is 238 Å². The molecule has 1 spiro atoms. The van der Waals surface area contributed by atoms with E-state index in [-0.39, 0.29) is 40.9 Å². The largest absolute Gasteiger partial charge is 0.396 e. The first kappa shape index (κ1) is 29.9. The molecule has 3 aliphatic heterocycles. The van der Waals surface area contributed by atoms with Gasteiger partial charge in [-0.1, -0.05) is 58.7 Å². The van der Waals surface area contributed by atoms with Crippen LogP contribution in [0.4, 0.5) is 5.69 Å². The third-order valence-corrected chi connectivity index (χ3v) is 10.7. The molecular formula is C31H47N3O4S. The first-order valence-electron chi connectivity index (χ1n) is 14.6. The van der Waals surface area contributed by atoms with Crippen LogP contribution in [-0.4, -0.2) is 62.5 Å². The van der Waals surface area contributed by atoms with Gasteiger partial charge in [-0.05, 0) is 63.0 Å². The third-order valence-electron chi connectivity index (χ3n) is 8.58. The lowest BCUT2D eigenvalue weighted by molar-refractivity contribution is -0.139. The number of nitrogens with one attached hydrogen (secondary N) is 2. The van der Waals surface area contributed by atoms with Gasteiger partial charge in [-0.25, -0.2) is 0 Å². The van der Waals surface area contributed by atoms with Crippen LogP contribution in [0, 0.1) is 23.2 Å². The van der Waals surface area contributed by atoms with Crippen LogP contribution in [-0.2, 0) is 14.4 Å². The molecule has 39 heavy (non-hydrogen) atoms. The fraction of sp³-hybridized carbons (Fsp3) is 0.710. The summed E-state index contributed by atoms with van der Waals surface area (Å²) in [6.07, 6.45) is 4.90. The number of amides is 3. The van der Waals surface area contributed by atoms with Crippen LogP contribution in [0.3, 0.4) is 0 Å². The highest BCUT2D eigenvalue weighted by atomic mass is 32.2. The Morgan fingerprint density at radius 3 is 2.36 bits per heavy atom. The summed E-state index contributed by atoms with van der Waals surface area (Å²) in [7, 11) is 0. The Hall–Kier alpha value is -2.06. The number of unbranched alkanes of at least 4 members (excludes halogenated alkanes) is 3. The summed E-state index contributed by atoms with van der Waals surface area (Å²) >= 11 is 1.72. The summed E-state index contributed by atoms with van der Waals surface area (Å²) in [5, 5.41) is 15.6. The van der Waals surface area contributed by atoms with Crippen molar-refractivity contribution in [3.8, 4) is 0 Å². The number of thioether (sulfide) groups is 1. The van der Waals surface area contributed by atoms with Crippen molar-refractivity contribution in [2.75, 3.05) is 18.5 Å². The Morgan fingerprint density at radius 2 is 1.72 bits per heavy atom. The van der Waals surface area contributed by atoms with Gasteiger partial charge < -0.3 is 20.6 Å². The molecular weight excluding hydrogens is 510 g/mol. The highest BCUT2D eigenvalue weighted by Gasteiger charge is 2.76. The molecule has 216 valence electrons. The Balaban J connectivity index is 1.64. The number of hydrogen-bond donors (Lipinski definition) is 3. The molecule has 1 aromatic rings. The summed E-state index contributed by atoms with van der Waals surface area (Å²) in [6.45, 7) is 13.4. The summed E-state index contributed by atoms with van der Waals surface area (Å²) in [5.41, 5.74) is 0.320. The number of aliphatic hydroxyl groups is 1. The highest BCUT2D eigenvalue weighted by Crippen LogP contribution is 2.68. The van der Waals surface area contributed by atoms with Crippen LogP contribution in [0.15, 0.2) is 30.3 Å². The minimum Gasteiger partial charge on any atom is -0.396 e. The summed E-state index contributed by atoms with van der Waals surface area (Å²) in [6, 6.07) is 8.79. The molecule has 0 aliphatic carbocycles. The lowest BCUT2D eigenvalue weighted by atomic mass is 9.65. The zero-order valence-corrected chi connectivity index (χ0v) is 25.3. The normalized spacial score (nSPS) is 30.0. The number of nitrogens with zero attached hydrogens (tertiary/aromatic N) is 1. The number of carbonyl (C=O) groups excluding carboxylic acids is 3. The molecule has 0 radical (unpaired) electrons. The molecule has 3 amide bonds. The zero-order valence-electron chi connectivity index (χ0n) is 24.5. The van der Waals surface area contributed by atoms with E-state index >= 15 is 0 Å². The lowest BCUT2D eigenvalue weighted by Crippen LogP contribution is -2.60. The van der Waals surface area contributed by atoms with Gasteiger partial charge in [0.1, 0.15) is 6.04 Å². The maximum atomic E-state index is 14.2. The third kappa shape index (κ3) is 6.02. The van der Waals surface area contributed by atoms with E-state index < -0.39 is 28.2 Å². The quantitative estimate of drug-likeness (QED) is 0.338. The molecule has 0 aromatic heterocycles. The van der Waals surface area contributed by atoms with Crippen molar-refractivity contribution in [3.63, 3.8) is 0 Å². The van der Waals surface area contributed by atoms with Gasteiger partial charge in [0.2, 0.25) is 17.7 Å². The summed E-state index contributed by atoms with van der Waals surface area (Å²) in [4.78, 5) is 43.9. The SMILES string of the molecule is CC1C[C@@H]2SC13C(C(=O)NC(C)(C)CC(C)(C)C)N(CCCCCCO)C(=O)[C@@H]3[C@@H]2C(=O)Nc1ccccc1. The number of fused-ring (bicyclic) bond motifs is 1. The van der Waals surface area contributed by atoms with E-state index in [2.05, 4.69) is 52.2 Å². The summed E-state index contributed by atoms with van der Waals surface area (Å²) in [5.74, 6) is -1.11. The van der Waals surface area contributed by atoms with E-state index in [4.69, 9.17) is 5.11 Å². The Kier molecular flexibility index (Phi) is 8.77. The number of benzene rings is 1. The fourth-order valence-corrected chi connectivity index (χ4v) is 10.0. The van der Waals surface area contributed by atoms with Crippen LogP contribution in [0.1, 0.15) is 80.1 Å². The van der Waals surface area contributed by atoms with E-state index in [9.17, 15) is 14.4 Å². The second-order valence-electron chi connectivity index (χ2n) is 13.7. The van der Waals surface area contributed by atoms with Gasteiger partial charge in [0.15, 0.2) is 0 Å². The molecule has 3 saturated heterocycles. The van der Waals surface area contributed by atoms with Gasteiger partial charge >= 0.3 is 0 Å². The number of rotatable bonds is 11. The monoisotopic (exact) mass is 557 g/mol. The molecule has 3 aliphatic rings. The van der Waals surface area contributed by atoms with Crippen molar-refractivity contribution in [1.82, 2.24) is 10.2 Å². The number of likely N-dealkylation sites (tertiary alicyclic amines) is 1. The molecule has 3 heterocycles. The average molecular weight is 558 g/mol. The van der Waals surface area contributed by atoms with Crippen LogP contribution in [0.2, 0.25) is 0 Å². The number of hydrogen-bond acceptors (Lipinski definition) is 5. The van der Waals surface area contributed by atoms with Crippen molar-refractivity contribution in [3.05, 3.63) is 30.3 Å². The summed E-state index contributed by atoms with van der Waals surface area (Å²) < 4.78 is -0.618. The number of para-hydroxylation sites is 1. The van der Waals surface area contributed by atoms with Crippen molar-refractivity contribution < 1.29 is 19.5 Å². The minimum absolute atomic E-state index is 0.0160. The number of carbonyl (C=O) groups is 3. The molecule has 3 unspecified atom stereocenters. The van der Waals surface area contributed by atoms with Gasteiger partial charge in [-0.2, -0.15) is 0 Å². The van der Waals surface area contributed by atoms with E-state index in [0.29, 0.717) is 6.54 Å². The zero-order chi connectivity index (χ0) is 28.6. The molecule has 7 nitrogen and oxygen atoms in total. The molecule has 3 fully saturated rings. The molecule has 3 N–H and O–H groups in total. The number of anilines is 1. The topological polar surface area (TPSA) is 98.7 Å². The first-order valence-corrected chi connectivity index (χ1v) is 15.5. The maximum absolute atomic E-state index is 14.2. The predicted octanol–water partition coefficient (Wildman–Crippen LogP) is 4.85. The molecule has 4 rings (SSSR count). The van der Waals surface area contributed by atoms with Gasteiger partial charge in [-0.3, -0.25) is 14.4 Å². The Morgan fingerprint density at radius 1 is 1.05 bits per heavy atom. The standard InChI is InChI=1S/C31H47N3O4S/c1-20-18-22-23(26(36)32-21-14-10-9-11-15-21)24-28(38)34(16-12-7-8-13-17-35)25(31(20,24)39-22)27(37)33-30(5,6)19-29(2,3)4/h9-11,14-15,20,22-25,35H,7-8,12-13,16-19H2,1-6H3,(H,32,36)(H,33,37)/t20?,22-,23+,24-,25?,31?/m0/s1. The molecule has 0 saturated carbocycles. The van der Waals surface area contributed by atoms with Gasteiger partial charge in [0.25, 0.3) is 0 Å². The van der Waals surface area contributed by atoms with Crippen LogP contribution >= 0.6 is 11.8 Å². The maximum Gasteiger partial charge on any atom is 0.244 e. The minimum atomic E-state index is -0.618. The fourth-order valence-electron chi connectivity index (χ4n) is 7.63. The van der Waals surface area contributed by atoms with Gasteiger partial charge in [0.05, 0.1) is 16.6 Å². The van der Waals surface area contributed by atoms with E-state index in [0.717, 1.165) is 44.2 Å². The van der Waals surface area contributed by atoms with Crippen molar-refractivity contribution in [1.29, 1.82) is 0 Å². The Bertz CT molecular complexity index is 1060. The average Bonchev–Trinajstić information content (AvgIpc) is 3.41. The smallest absolute Gasteiger partial charge is 0.244 e. The van der Waals surface area contributed by atoms with Crippen molar-refractivity contribution >= 4 is 35.2 Å². The highest BCUT2D eigenvalue weighted by molar-refractivity contribution is 8.02. The van der Waals surface area contributed by atoms with E-state index in [1.807, 2.05) is 30.3 Å². The molecule has 8 heteroatoms. The molecule has 2 bridgehead atoms. The van der Waals surface area contributed by atoms with E-state index in [1.54, 1.807) is 16.7 Å². The first-order chi connectivity index (χ1) is 18.3. The molecule has 6 atom stereocenters. The van der Waals surface area contributed by atoms with Crippen LogP contribution in [0.25, 0.3) is 0 Å². The van der Waals surface area contributed by atoms with Crippen molar-refractivity contribution in [2.45, 2.75) is 102 Å². The van der Waals surface area contributed by atoms with Gasteiger partial charge in [-0.15, -0.1) is 11.8 Å². The van der Waals surface area contributed by atoms with Crippen LogP contribution in [0.5, 0.6) is 0 Å². The second kappa shape index (κ2) is 11.4. The van der Waals surface area contributed by atoms with Crippen molar-refractivity contribution in [2.24, 2.45) is 23.2 Å². The van der Waals surface area contributed by atoms with Gasteiger partial charge in [0, 0.05) is 29.6 Å². The van der Waals surface area contributed by atoms with Crippen LogP contribution < -0.4 is 10.6 Å². The molecule has 1 aromatic carbocycles. The second-order valence-corrected chi connectivity index (χ2v) is 15.2. The lowest BCUT2D eigenvalue weighted by Gasteiger charge is -2.41. The number of aliphatic hydroxyl groups excluding tert-OH is 1. The predicted molar refractivity (Wildman–Crippen MR) is 157 cm³/mol.